The summed E-state index contributed by atoms with van der Waals surface area (Å²) < 4.78 is 20.5. The Labute approximate surface area is 201 Å². The van der Waals surface area contributed by atoms with Gasteiger partial charge in [-0.2, -0.15) is 5.10 Å². The van der Waals surface area contributed by atoms with E-state index in [0.29, 0.717) is 58.8 Å². The molecule has 0 radical (unpaired) electrons. The first-order valence-corrected chi connectivity index (χ1v) is 11.1. The molecule has 0 fully saturated rings. The van der Waals surface area contributed by atoms with Gasteiger partial charge in [-0.05, 0) is 19.1 Å². The van der Waals surface area contributed by atoms with Crippen LogP contribution in [-0.2, 0) is 18.8 Å². The number of pyridine rings is 1. The van der Waals surface area contributed by atoms with E-state index < -0.39 is 5.97 Å². The molecule has 4 aromatic rings. The number of aryl methyl sites for hydroxylation is 2. The van der Waals surface area contributed by atoms with E-state index in [1.807, 2.05) is 31.7 Å². The number of hydrogen-bond acceptors (Lipinski definition) is 9. The maximum Gasteiger partial charge on any atom is 0.339 e. The monoisotopic (exact) mass is 475 g/mol. The standard InChI is InChI=1S/C24H25N7O4/c1-14-6-8-34-23-18(12-27-31(23)3)21-26-11-17(19-9-15(13-30(19)2)24(32)33-4)22(29-21)28-20-10-16(35-14)5-7-25-20/h5,7,9-14H,6,8H2,1-4H3,(H,25,26,28,29)/t14-/m0/s1. The number of esters is 1. The van der Waals surface area contributed by atoms with Crippen LogP contribution in [0.15, 0.2) is 43.0 Å². The summed E-state index contributed by atoms with van der Waals surface area (Å²) in [5.41, 5.74) is 2.49. The number of methoxy groups -OCH3 is 1. The van der Waals surface area contributed by atoms with Crippen molar-refractivity contribution in [3.63, 3.8) is 0 Å². The van der Waals surface area contributed by atoms with Crippen LogP contribution >= 0.6 is 0 Å². The molecule has 0 spiro atoms. The summed E-state index contributed by atoms with van der Waals surface area (Å²) >= 11 is 0. The third-order valence-corrected chi connectivity index (χ3v) is 5.69. The molecule has 1 N–H and O–H groups in total. The van der Waals surface area contributed by atoms with Crippen molar-refractivity contribution in [3.8, 4) is 34.3 Å². The van der Waals surface area contributed by atoms with Crippen LogP contribution in [0, 0.1) is 0 Å². The first-order valence-electron chi connectivity index (χ1n) is 11.1. The molecule has 0 saturated heterocycles. The minimum absolute atomic E-state index is 0.0744. The second kappa shape index (κ2) is 9.09. The SMILES string of the molecule is COC(=O)c1cc(-c2cnc3nc2Nc2cc(ccn2)O[C@@H](C)CCOc2c-3cnn2C)n(C)c1. The number of carbonyl (C=O) groups excluding carboxylic acids is 1. The van der Waals surface area contributed by atoms with Crippen LogP contribution in [0.3, 0.4) is 0 Å². The number of nitrogens with one attached hydrogen (secondary N) is 1. The van der Waals surface area contributed by atoms with Crippen molar-refractivity contribution in [2.75, 3.05) is 19.0 Å². The third-order valence-electron chi connectivity index (χ3n) is 5.69. The van der Waals surface area contributed by atoms with Crippen molar-refractivity contribution in [2.24, 2.45) is 14.1 Å². The Morgan fingerprint density at radius 2 is 2.06 bits per heavy atom. The molecule has 0 aliphatic carbocycles. The Morgan fingerprint density at radius 1 is 1.20 bits per heavy atom. The van der Waals surface area contributed by atoms with Crippen molar-refractivity contribution < 1.29 is 19.0 Å². The lowest BCUT2D eigenvalue weighted by Crippen LogP contribution is -2.17. The molecule has 0 aromatic carbocycles. The van der Waals surface area contributed by atoms with Crippen molar-refractivity contribution >= 4 is 17.6 Å². The molecule has 1 atom stereocenters. The summed E-state index contributed by atoms with van der Waals surface area (Å²) in [7, 11) is 5.00. The molecule has 1 aliphatic rings. The average Bonchev–Trinajstić information content (AvgIpc) is 3.41. The second-order valence-corrected chi connectivity index (χ2v) is 8.23. The Balaban J connectivity index is 1.67. The van der Waals surface area contributed by atoms with Gasteiger partial charge in [0.2, 0.25) is 5.88 Å². The molecule has 4 bridgehead atoms. The van der Waals surface area contributed by atoms with Crippen LogP contribution in [0.5, 0.6) is 11.6 Å². The fourth-order valence-electron chi connectivity index (χ4n) is 3.89. The molecule has 11 heteroatoms. The summed E-state index contributed by atoms with van der Waals surface area (Å²) in [6.07, 6.45) is 7.35. The number of fused-ring (bicyclic) bond motifs is 6. The van der Waals surface area contributed by atoms with E-state index in [0.717, 1.165) is 5.69 Å². The molecular formula is C24H25N7O4. The minimum Gasteiger partial charge on any atom is -0.490 e. The Morgan fingerprint density at radius 3 is 2.89 bits per heavy atom. The average molecular weight is 476 g/mol. The highest BCUT2D eigenvalue weighted by Gasteiger charge is 2.21. The van der Waals surface area contributed by atoms with Gasteiger partial charge < -0.3 is 24.1 Å². The number of aromatic nitrogens is 6. The number of hydrogen-bond donors (Lipinski definition) is 1. The smallest absolute Gasteiger partial charge is 0.339 e. The predicted molar refractivity (Wildman–Crippen MR) is 128 cm³/mol. The molecule has 0 saturated carbocycles. The van der Waals surface area contributed by atoms with Crippen molar-refractivity contribution in [1.29, 1.82) is 0 Å². The molecule has 5 rings (SSSR count). The van der Waals surface area contributed by atoms with Gasteiger partial charge in [0.1, 0.15) is 22.9 Å². The van der Waals surface area contributed by atoms with Gasteiger partial charge in [-0.25, -0.2) is 24.4 Å². The lowest BCUT2D eigenvalue weighted by molar-refractivity contribution is 0.0600. The van der Waals surface area contributed by atoms with Gasteiger partial charge in [-0.1, -0.05) is 0 Å². The highest BCUT2D eigenvalue weighted by atomic mass is 16.5. The van der Waals surface area contributed by atoms with Gasteiger partial charge in [0.05, 0.1) is 42.8 Å². The fraction of sp³-hybridized carbons (Fsp3) is 0.292. The summed E-state index contributed by atoms with van der Waals surface area (Å²) in [4.78, 5) is 26.0. The zero-order chi connectivity index (χ0) is 24.5. The highest BCUT2D eigenvalue weighted by molar-refractivity contribution is 5.92. The van der Waals surface area contributed by atoms with Gasteiger partial charge in [0, 0.05) is 45.2 Å². The van der Waals surface area contributed by atoms with Gasteiger partial charge in [0.15, 0.2) is 5.82 Å². The topological polar surface area (TPSA) is 118 Å². The second-order valence-electron chi connectivity index (χ2n) is 8.23. The van der Waals surface area contributed by atoms with E-state index in [1.54, 1.807) is 41.6 Å². The number of rotatable bonds is 2. The van der Waals surface area contributed by atoms with Gasteiger partial charge in [0.25, 0.3) is 0 Å². The molecule has 35 heavy (non-hydrogen) atoms. The van der Waals surface area contributed by atoms with E-state index in [9.17, 15) is 4.79 Å². The van der Waals surface area contributed by atoms with Crippen LogP contribution in [-0.4, -0.2) is 55.1 Å². The van der Waals surface area contributed by atoms with E-state index in [4.69, 9.17) is 19.2 Å². The first kappa shape index (κ1) is 22.4. The third kappa shape index (κ3) is 4.39. The number of carbonyl (C=O) groups is 1. The van der Waals surface area contributed by atoms with Gasteiger partial charge in [-0.15, -0.1) is 0 Å². The lowest BCUT2D eigenvalue weighted by atomic mass is 10.2. The maximum absolute atomic E-state index is 12.1. The summed E-state index contributed by atoms with van der Waals surface area (Å²) in [6, 6.07) is 5.36. The molecule has 11 nitrogen and oxygen atoms in total. The van der Waals surface area contributed by atoms with E-state index in [2.05, 4.69) is 20.4 Å². The molecule has 180 valence electrons. The Kier molecular flexibility index (Phi) is 5.81. The van der Waals surface area contributed by atoms with E-state index in [1.165, 1.54) is 7.11 Å². The van der Waals surface area contributed by atoms with E-state index >= 15 is 0 Å². The van der Waals surface area contributed by atoms with Crippen molar-refractivity contribution in [1.82, 2.24) is 29.3 Å². The normalized spacial score (nSPS) is 15.1. The fourth-order valence-corrected chi connectivity index (χ4v) is 3.89. The molecule has 5 heterocycles. The summed E-state index contributed by atoms with van der Waals surface area (Å²) in [6.45, 7) is 2.43. The summed E-state index contributed by atoms with van der Waals surface area (Å²) in [5.74, 6) is 2.32. The number of nitrogens with zero attached hydrogens (tertiary/aromatic N) is 6. The van der Waals surface area contributed by atoms with E-state index in [-0.39, 0.29) is 6.10 Å². The number of anilines is 2. The van der Waals surface area contributed by atoms with Crippen LogP contribution in [0.1, 0.15) is 23.7 Å². The molecular weight excluding hydrogens is 450 g/mol. The quantitative estimate of drug-likeness (QED) is 0.435. The lowest BCUT2D eigenvalue weighted by Gasteiger charge is -2.18. The van der Waals surface area contributed by atoms with Gasteiger partial charge in [-0.3, -0.25) is 0 Å². The van der Waals surface area contributed by atoms with Gasteiger partial charge >= 0.3 is 5.97 Å². The first-order chi connectivity index (χ1) is 16.9. The molecule has 4 aromatic heterocycles. The highest BCUT2D eigenvalue weighted by Crippen LogP contribution is 2.34. The Hall–Kier alpha value is -4.41. The molecule has 1 aliphatic heterocycles. The van der Waals surface area contributed by atoms with Crippen molar-refractivity contribution in [3.05, 3.63) is 48.5 Å². The number of ether oxygens (including phenoxy) is 3. The van der Waals surface area contributed by atoms with Crippen LogP contribution in [0.2, 0.25) is 0 Å². The Bertz CT molecular complexity index is 1390. The summed E-state index contributed by atoms with van der Waals surface area (Å²) in [5, 5.41) is 7.64. The van der Waals surface area contributed by atoms with Crippen LogP contribution in [0.4, 0.5) is 11.6 Å². The zero-order valence-electron chi connectivity index (χ0n) is 19.8. The largest absolute Gasteiger partial charge is 0.490 e. The van der Waals surface area contributed by atoms with Crippen LogP contribution in [0.25, 0.3) is 22.6 Å². The molecule has 0 amide bonds. The minimum atomic E-state index is -0.425. The maximum atomic E-state index is 12.1. The predicted octanol–water partition coefficient (Wildman–Crippen LogP) is 3.36. The molecule has 0 unspecified atom stereocenters. The zero-order valence-corrected chi connectivity index (χ0v) is 19.8. The van der Waals surface area contributed by atoms with Crippen molar-refractivity contribution in [2.45, 2.75) is 19.4 Å². The van der Waals surface area contributed by atoms with Crippen LogP contribution < -0.4 is 14.8 Å².